The number of hydrogen-bond acceptors (Lipinski definition) is 6. The summed E-state index contributed by atoms with van der Waals surface area (Å²) in [7, 11) is 1.22. The summed E-state index contributed by atoms with van der Waals surface area (Å²) in [5, 5.41) is 19.0. The topological polar surface area (TPSA) is 114 Å². The molecular formula is C17H16O7. The maximum absolute atomic E-state index is 11.8. The highest BCUT2D eigenvalue weighted by Gasteiger charge is 2.26. The lowest BCUT2D eigenvalue weighted by Gasteiger charge is -2.17. The van der Waals surface area contributed by atoms with E-state index in [0.717, 1.165) is 6.07 Å². The van der Waals surface area contributed by atoms with Gasteiger partial charge in [0.1, 0.15) is 5.76 Å². The van der Waals surface area contributed by atoms with Crippen LogP contribution in [0, 0.1) is 6.92 Å². The van der Waals surface area contributed by atoms with E-state index in [4.69, 9.17) is 9.52 Å². The van der Waals surface area contributed by atoms with Crippen LogP contribution in [-0.2, 0) is 9.53 Å². The lowest BCUT2D eigenvalue weighted by Crippen LogP contribution is -2.13. The van der Waals surface area contributed by atoms with Gasteiger partial charge in [-0.1, -0.05) is 12.1 Å². The molecule has 0 unspecified atom stereocenters. The predicted molar refractivity (Wildman–Crippen MR) is 83.3 cm³/mol. The summed E-state index contributed by atoms with van der Waals surface area (Å²) in [6.07, 6.45) is -0.178. The second-order valence-electron chi connectivity index (χ2n) is 5.19. The Bertz CT molecular complexity index is 818. The van der Waals surface area contributed by atoms with Gasteiger partial charge in [-0.25, -0.2) is 4.79 Å². The number of ether oxygens (including phenoxy) is 1. The Labute approximate surface area is 137 Å². The largest absolute Gasteiger partial charge is 0.502 e. The zero-order chi connectivity index (χ0) is 17.9. The minimum Gasteiger partial charge on any atom is -0.502 e. The minimum absolute atomic E-state index is 0.0616. The standard InChI is InChI=1S/C17H16O7/c1-9-7-13(18)15(20)16(24-9)12(8-14(19)23-2)10-3-5-11(6-4-10)17(21)22/h3-7,12,20H,8H2,1-2H3,(H,21,22)/t12-/m1/s1. The first-order valence-electron chi connectivity index (χ1n) is 7.07. The van der Waals surface area contributed by atoms with Crippen LogP contribution in [-0.4, -0.2) is 29.3 Å². The van der Waals surface area contributed by atoms with Crippen LogP contribution in [0.25, 0.3) is 0 Å². The molecule has 0 aliphatic heterocycles. The van der Waals surface area contributed by atoms with Crippen molar-refractivity contribution >= 4 is 11.9 Å². The molecule has 0 amide bonds. The molecule has 2 N–H and O–H groups in total. The number of aromatic carboxylic acids is 1. The molecule has 0 aliphatic rings. The van der Waals surface area contributed by atoms with Gasteiger partial charge in [-0.05, 0) is 24.6 Å². The van der Waals surface area contributed by atoms with Crippen molar-refractivity contribution in [2.75, 3.05) is 7.11 Å². The zero-order valence-corrected chi connectivity index (χ0v) is 13.1. The smallest absolute Gasteiger partial charge is 0.335 e. The van der Waals surface area contributed by atoms with Gasteiger partial charge in [0.25, 0.3) is 0 Å². The van der Waals surface area contributed by atoms with Gasteiger partial charge < -0.3 is 19.4 Å². The normalized spacial score (nSPS) is 11.8. The second-order valence-corrected chi connectivity index (χ2v) is 5.19. The number of esters is 1. The molecule has 126 valence electrons. The summed E-state index contributed by atoms with van der Waals surface area (Å²) in [5.41, 5.74) is -0.0364. The molecule has 1 aromatic heterocycles. The summed E-state index contributed by atoms with van der Waals surface area (Å²) < 4.78 is 10.1. The Morgan fingerprint density at radius 2 is 1.88 bits per heavy atom. The van der Waals surface area contributed by atoms with E-state index in [-0.39, 0.29) is 23.5 Å². The van der Waals surface area contributed by atoms with Gasteiger partial charge in [0.05, 0.1) is 25.0 Å². The summed E-state index contributed by atoms with van der Waals surface area (Å²) in [6, 6.07) is 6.87. The predicted octanol–water partition coefficient (Wildman–Crippen LogP) is 2.05. The number of carboxylic acids is 1. The lowest BCUT2D eigenvalue weighted by molar-refractivity contribution is -0.140. The maximum atomic E-state index is 11.8. The molecule has 2 rings (SSSR count). The molecule has 0 saturated carbocycles. The summed E-state index contributed by atoms with van der Waals surface area (Å²) in [4.78, 5) is 34.4. The summed E-state index contributed by atoms with van der Waals surface area (Å²) in [6.45, 7) is 1.55. The van der Waals surface area contributed by atoms with Crippen LogP contribution in [0.5, 0.6) is 5.75 Å². The molecule has 24 heavy (non-hydrogen) atoms. The van der Waals surface area contributed by atoms with Gasteiger partial charge in [0, 0.05) is 6.07 Å². The van der Waals surface area contributed by atoms with E-state index in [9.17, 15) is 19.5 Å². The highest BCUT2D eigenvalue weighted by molar-refractivity contribution is 5.87. The van der Waals surface area contributed by atoms with E-state index >= 15 is 0 Å². The third-order valence-electron chi connectivity index (χ3n) is 3.55. The number of rotatable bonds is 5. The summed E-state index contributed by atoms with van der Waals surface area (Å²) >= 11 is 0. The number of benzene rings is 1. The Kier molecular flexibility index (Phi) is 5.03. The molecule has 7 nitrogen and oxygen atoms in total. The molecule has 0 saturated heterocycles. The second kappa shape index (κ2) is 6.99. The number of aromatic hydroxyl groups is 1. The third-order valence-corrected chi connectivity index (χ3v) is 3.55. The Morgan fingerprint density at radius 3 is 2.42 bits per heavy atom. The Hall–Kier alpha value is -3.09. The zero-order valence-electron chi connectivity index (χ0n) is 13.1. The molecule has 0 radical (unpaired) electrons. The molecule has 0 aliphatic carbocycles. The van der Waals surface area contributed by atoms with Crippen LogP contribution >= 0.6 is 0 Å². The number of carboxylic acid groups (broad SMARTS) is 1. The number of aryl methyl sites for hydroxylation is 1. The molecule has 0 fully saturated rings. The SMILES string of the molecule is COC(=O)C[C@H](c1ccc(C(=O)O)cc1)c1oc(C)cc(=O)c1O. The number of carbonyl (C=O) groups is 2. The molecule has 1 heterocycles. The van der Waals surface area contributed by atoms with Gasteiger partial charge in [0.2, 0.25) is 11.2 Å². The first-order chi connectivity index (χ1) is 11.3. The van der Waals surface area contributed by atoms with Crippen molar-refractivity contribution in [3.05, 3.63) is 63.2 Å². The Morgan fingerprint density at radius 1 is 1.25 bits per heavy atom. The van der Waals surface area contributed by atoms with Crippen molar-refractivity contribution < 1.29 is 29.0 Å². The van der Waals surface area contributed by atoms with Gasteiger partial charge in [-0.3, -0.25) is 9.59 Å². The first kappa shape index (κ1) is 17.3. The van der Waals surface area contributed by atoms with Crippen LogP contribution in [0.3, 0.4) is 0 Å². The summed E-state index contributed by atoms with van der Waals surface area (Å²) in [5.74, 6) is -2.80. The quantitative estimate of drug-likeness (QED) is 0.805. The molecule has 0 spiro atoms. The molecular weight excluding hydrogens is 316 g/mol. The fraction of sp³-hybridized carbons (Fsp3) is 0.235. The minimum atomic E-state index is -1.09. The van der Waals surface area contributed by atoms with Crippen LogP contribution in [0.4, 0.5) is 0 Å². The fourth-order valence-electron chi connectivity index (χ4n) is 2.33. The average molecular weight is 332 g/mol. The Balaban J connectivity index is 2.55. The molecule has 1 aromatic carbocycles. The van der Waals surface area contributed by atoms with E-state index in [1.165, 1.54) is 31.4 Å². The van der Waals surface area contributed by atoms with Crippen LogP contribution < -0.4 is 5.43 Å². The van der Waals surface area contributed by atoms with Crippen molar-refractivity contribution in [1.82, 2.24) is 0 Å². The van der Waals surface area contributed by atoms with Crippen molar-refractivity contribution in [2.24, 2.45) is 0 Å². The van der Waals surface area contributed by atoms with Gasteiger partial charge in [-0.15, -0.1) is 0 Å². The van der Waals surface area contributed by atoms with E-state index < -0.39 is 29.0 Å². The molecule has 7 heteroatoms. The number of carbonyl (C=O) groups excluding carboxylic acids is 1. The highest BCUT2D eigenvalue weighted by atomic mass is 16.5. The first-order valence-corrected chi connectivity index (χ1v) is 7.07. The molecule has 1 atom stereocenters. The van der Waals surface area contributed by atoms with Crippen LogP contribution in [0.2, 0.25) is 0 Å². The third kappa shape index (κ3) is 3.62. The van der Waals surface area contributed by atoms with Crippen molar-refractivity contribution in [3.8, 4) is 5.75 Å². The van der Waals surface area contributed by atoms with E-state index in [0.29, 0.717) is 5.56 Å². The van der Waals surface area contributed by atoms with Gasteiger partial charge in [-0.2, -0.15) is 0 Å². The number of methoxy groups -OCH3 is 1. The van der Waals surface area contributed by atoms with Crippen molar-refractivity contribution in [1.29, 1.82) is 0 Å². The van der Waals surface area contributed by atoms with Crippen molar-refractivity contribution in [3.63, 3.8) is 0 Å². The van der Waals surface area contributed by atoms with Crippen LogP contribution in [0.15, 0.2) is 39.5 Å². The molecule has 0 bridgehead atoms. The maximum Gasteiger partial charge on any atom is 0.335 e. The van der Waals surface area contributed by atoms with E-state index in [1.54, 1.807) is 6.92 Å². The van der Waals surface area contributed by atoms with Crippen LogP contribution in [0.1, 0.15) is 39.8 Å². The van der Waals surface area contributed by atoms with Gasteiger partial charge in [0.15, 0.2) is 5.76 Å². The van der Waals surface area contributed by atoms with E-state index in [1.807, 2.05) is 0 Å². The fourth-order valence-corrected chi connectivity index (χ4v) is 2.33. The van der Waals surface area contributed by atoms with E-state index in [2.05, 4.69) is 4.74 Å². The number of hydrogen-bond donors (Lipinski definition) is 2. The van der Waals surface area contributed by atoms with Gasteiger partial charge >= 0.3 is 11.9 Å². The molecule has 2 aromatic rings. The van der Waals surface area contributed by atoms with Crippen molar-refractivity contribution in [2.45, 2.75) is 19.3 Å². The lowest BCUT2D eigenvalue weighted by atomic mass is 9.91. The highest BCUT2D eigenvalue weighted by Crippen LogP contribution is 2.33. The monoisotopic (exact) mass is 332 g/mol. The average Bonchev–Trinajstić information content (AvgIpc) is 2.56.